The molecule has 0 spiro atoms. The molecule has 0 aliphatic carbocycles. The second-order valence-corrected chi connectivity index (χ2v) is 5.78. The highest BCUT2D eigenvalue weighted by Gasteiger charge is 2.07. The van der Waals surface area contributed by atoms with Gasteiger partial charge in [-0.15, -0.1) is 11.3 Å². The Kier molecular flexibility index (Phi) is 3.84. The SMILES string of the molecule is Cc1cc(C(=O)N/N=C/c2coc3ccccc3c2=O)cs1. The molecule has 1 N–H and O–H groups in total. The Hall–Kier alpha value is -2.73. The number of hydrogen-bond donors (Lipinski definition) is 1. The van der Waals surface area contributed by atoms with E-state index in [4.69, 9.17) is 4.42 Å². The molecule has 0 radical (unpaired) electrons. The van der Waals surface area contributed by atoms with E-state index in [0.717, 1.165) is 4.88 Å². The molecule has 0 atom stereocenters. The van der Waals surface area contributed by atoms with Gasteiger partial charge >= 0.3 is 0 Å². The maximum atomic E-state index is 12.2. The van der Waals surface area contributed by atoms with Crippen molar-refractivity contribution in [1.82, 2.24) is 5.43 Å². The molecule has 3 aromatic rings. The summed E-state index contributed by atoms with van der Waals surface area (Å²) in [4.78, 5) is 25.1. The van der Waals surface area contributed by atoms with Crippen molar-refractivity contribution in [3.63, 3.8) is 0 Å². The molecule has 0 fully saturated rings. The molecule has 1 amide bonds. The number of thiophene rings is 1. The Labute approximate surface area is 129 Å². The van der Waals surface area contributed by atoms with Gasteiger partial charge in [-0.05, 0) is 25.1 Å². The van der Waals surface area contributed by atoms with Gasteiger partial charge < -0.3 is 4.42 Å². The minimum atomic E-state index is -0.314. The van der Waals surface area contributed by atoms with Crippen LogP contribution in [-0.4, -0.2) is 12.1 Å². The van der Waals surface area contributed by atoms with Crippen LogP contribution in [0.5, 0.6) is 0 Å². The van der Waals surface area contributed by atoms with Crippen LogP contribution in [-0.2, 0) is 0 Å². The van der Waals surface area contributed by atoms with Gasteiger partial charge in [-0.3, -0.25) is 9.59 Å². The predicted molar refractivity (Wildman–Crippen MR) is 86.6 cm³/mol. The van der Waals surface area contributed by atoms with Crippen LogP contribution in [0.2, 0.25) is 0 Å². The number of nitrogens with one attached hydrogen (secondary N) is 1. The largest absolute Gasteiger partial charge is 0.463 e. The summed E-state index contributed by atoms with van der Waals surface area (Å²) in [7, 11) is 0. The van der Waals surface area contributed by atoms with Crippen LogP contribution < -0.4 is 10.9 Å². The fourth-order valence-corrected chi connectivity index (χ4v) is 2.65. The van der Waals surface area contributed by atoms with E-state index < -0.39 is 0 Å². The fraction of sp³-hybridized carbons (Fsp3) is 0.0625. The Morgan fingerprint density at radius 2 is 2.18 bits per heavy atom. The van der Waals surface area contributed by atoms with E-state index in [1.54, 1.807) is 35.7 Å². The van der Waals surface area contributed by atoms with Crippen molar-refractivity contribution in [3.8, 4) is 0 Å². The zero-order chi connectivity index (χ0) is 15.5. The second kappa shape index (κ2) is 5.95. The lowest BCUT2D eigenvalue weighted by atomic mass is 10.2. The molecule has 0 bridgehead atoms. The lowest BCUT2D eigenvalue weighted by molar-refractivity contribution is 0.0955. The minimum absolute atomic E-state index is 0.189. The second-order valence-electron chi connectivity index (χ2n) is 4.66. The van der Waals surface area contributed by atoms with E-state index >= 15 is 0 Å². The maximum absolute atomic E-state index is 12.2. The van der Waals surface area contributed by atoms with E-state index in [2.05, 4.69) is 10.5 Å². The highest BCUT2D eigenvalue weighted by molar-refractivity contribution is 7.10. The van der Waals surface area contributed by atoms with Crippen LogP contribution in [0.15, 0.2) is 56.3 Å². The molecule has 6 heteroatoms. The van der Waals surface area contributed by atoms with Crippen molar-refractivity contribution in [2.45, 2.75) is 6.92 Å². The third kappa shape index (κ3) is 2.82. The van der Waals surface area contributed by atoms with Crippen molar-refractivity contribution < 1.29 is 9.21 Å². The Morgan fingerprint density at radius 3 is 2.95 bits per heavy atom. The summed E-state index contributed by atoms with van der Waals surface area (Å²) in [6, 6.07) is 8.74. The fourth-order valence-electron chi connectivity index (χ4n) is 1.97. The number of aryl methyl sites for hydroxylation is 1. The number of hydrazone groups is 1. The highest BCUT2D eigenvalue weighted by Crippen LogP contribution is 2.12. The summed E-state index contributed by atoms with van der Waals surface area (Å²) in [5.41, 5.74) is 3.54. The Morgan fingerprint density at radius 1 is 1.36 bits per heavy atom. The third-order valence-corrected chi connectivity index (χ3v) is 3.93. The molecule has 5 nitrogen and oxygen atoms in total. The van der Waals surface area contributed by atoms with Gasteiger partial charge in [-0.1, -0.05) is 12.1 Å². The molecular weight excluding hydrogens is 300 g/mol. The van der Waals surface area contributed by atoms with Gasteiger partial charge in [-0.25, -0.2) is 5.43 Å². The van der Waals surface area contributed by atoms with Crippen molar-refractivity contribution in [3.05, 3.63) is 68.2 Å². The lowest BCUT2D eigenvalue weighted by Gasteiger charge is -1.98. The quantitative estimate of drug-likeness (QED) is 0.597. The summed E-state index contributed by atoms with van der Waals surface area (Å²) in [6.45, 7) is 1.92. The van der Waals surface area contributed by atoms with Crippen LogP contribution in [0.25, 0.3) is 11.0 Å². The van der Waals surface area contributed by atoms with Crippen LogP contribution in [0, 0.1) is 6.92 Å². The molecule has 0 unspecified atom stereocenters. The monoisotopic (exact) mass is 312 g/mol. The topological polar surface area (TPSA) is 71.7 Å². The highest BCUT2D eigenvalue weighted by atomic mass is 32.1. The average Bonchev–Trinajstić information content (AvgIpc) is 2.96. The average molecular weight is 312 g/mol. The molecule has 2 aromatic heterocycles. The number of para-hydroxylation sites is 1. The van der Waals surface area contributed by atoms with Crippen LogP contribution in [0.1, 0.15) is 20.8 Å². The molecule has 22 heavy (non-hydrogen) atoms. The van der Waals surface area contributed by atoms with E-state index in [-0.39, 0.29) is 16.9 Å². The van der Waals surface area contributed by atoms with Crippen molar-refractivity contribution in [2.75, 3.05) is 0 Å². The summed E-state index contributed by atoms with van der Waals surface area (Å²) in [6.07, 6.45) is 2.62. The molecule has 0 saturated carbocycles. The number of benzene rings is 1. The van der Waals surface area contributed by atoms with Gasteiger partial charge in [0.15, 0.2) is 0 Å². The van der Waals surface area contributed by atoms with Crippen molar-refractivity contribution >= 4 is 34.4 Å². The standard InChI is InChI=1S/C16H12N2O3S/c1-10-6-11(9-22-10)16(20)18-17-7-12-8-21-14-5-3-2-4-13(14)15(12)19/h2-9H,1H3,(H,18,20)/b17-7+. The molecular formula is C16H12N2O3S. The zero-order valence-corrected chi connectivity index (χ0v) is 12.5. The first kappa shape index (κ1) is 14.2. The number of rotatable bonds is 3. The number of hydrogen-bond acceptors (Lipinski definition) is 5. The minimum Gasteiger partial charge on any atom is -0.463 e. The molecule has 0 aliphatic heterocycles. The van der Waals surface area contributed by atoms with Crippen molar-refractivity contribution in [2.24, 2.45) is 5.10 Å². The smallest absolute Gasteiger partial charge is 0.272 e. The zero-order valence-electron chi connectivity index (χ0n) is 11.7. The van der Waals surface area contributed by atoms with Gasteiger partial charge in [-0.2, -0.15) is 5.10 Å². The Bertz CT molecular complexity index is 924. The number of carbonyl (C=O) groups is 1. The van der Waals surface area contributed by atoms with Crippen LogP contribution in [0.3, 0.4) is 0 Å². The summed E-state index contributed by atoms with van der Waals surface area (Å²) in [5.74, 6) is -0.314. The first-order valence-electron chi connectivity index (χ1n) is 6.54. The lowest BCUT2D eigenvalue weighted by Crippen LogP contribution is -2.18. The van der Waals surface area contributed by atoms with E-state index in [0.29, 0.717) is 16.5 Å². The molecule has 0 aliphatic rings. The maximum Gasteiger partial charge on any atom is 0.272 e. The normalized spacial score (nSPS) is 11.1. The number of nitrogens with zero attached hydrogens (tertiary/aromatic N) is 1. The van der Waals surface area contributed by atoms with Crippen molar-refractivity contribution in [1.29, 1.82) is 0 Å². The van der Waals surface area contributed by atoms with Gasteiger partial charge in [0.1, 0.15) is 11.8 Å². The number of carbonyl (C=O) groups excluding carboxylic acids is 1. The molecule has 1 aromatic carbocycles. The molecule has 110 valence electrons. The van der Waals surface area contributed by atoms with E-state index in [9.17, 15) is 9.59 Å². The number of fused-ring (bicyclic) bond motifs is 1. The first-order valence-corrected chi connectivity index (χ1v) is 7.42. The molecule has 0 saturated heterocycles. The van der Waals surface area contributed by atoms with E-state index in [1.165, 1.54) is 23.8 Å². The molecule has 2 heterocycles. The summed E-state index contributed by atoms with van der Waals surface area (Å²) < 4.78 is 5.37. The summed E-state index contributed by atoms with van der Waals surface area (Å²) in [5, 5.41) is 6.05. The third-order valence-electron chi connectivity index (χ3n) is 3.07. The molecule has 3 rings (SSSR count). The summed E-state index contributed by atoms with van der Waals surface area (Å²) >= 11 is 1.49. The van der Waals surface area contributed by atoms with E-state index in [1.807, 2.05) is 6.92 Å². The van der Waals surface area contributed by atoms with Crippen LogP contribution in [0.4, 0.5) is 0 Å². The number of amides is 1. The predicted octanol–water partition coefficient (Wildman–Crippen LogP) is 2.93. The van der Waals surface area contributed by atoms with Gasteiger partial charge in [0.2, 0.25) is 5.43 Å². The first-order chi connectivity index (χ1) is 10.6. The van der Waals surface area contributed by atoms with Gasteiger partial charge in [0, 0.05) is 10.3 Å². The van der Waals surface area contributed by atoms with Crippen LogP contribution >= 0.6 is 11.3 Å². The van der Waals surface area contributed by atoms with Gasteiger partial charge in [0.05, 0.1) is 22.7 Å². The Balaban J connectivity index is 1.80. The van der Waals surface area contributed by atoms with Gasteiger partial charge in [0.25, 0.3) is 5.91 Å².